The highest BCUT2D eigenvalue weighted by Gasteiger charge is 2.17. The normalized spacial score (nSPS) is 11.6. The number of methoxy groups -OCH3 is 1. The lowest BCUT2D eigenvalue weighted by Gasteiger charge is -2.08. The number of nitrogens with zero attached hydrogens (tertiary/aromatic N) is 2. The van der Waals surface area contributed by atoms with Crippen LogP contribution in [0.3, 0.4) is 0 Å². The molecule has 0 spiro atoms. The Labute approximate surface area is 149 Å². The van der Waals surface area contributed by atoms with E-state index in [1.165, 1.54) is 0 Å². The Bertz CT molecular complexity index is 1310. The number of hydrogen-bond donors (Lipinski definition) is 0. The molecule has 3 aromatic heterocycles. The molecule has 26 heavy (non-hydrogen) atoms. The van der Waals surface area contributed by atoms with Gasteiger partial charge in [0.2, 0.25) is 0 Å². The maximum Gasteiger partial charge on any atom is 0.192 e. The maximum absolute atomic E-state index is 13.1. The van der Waals surface area contributed by atoms with Crippen LogP contribution in [0.15, 0.2) is 71.9 Å². The summed E-state index contributed by atoms with van der Waals surface area (Å²) >= 11 is 0. The number of rotatable bonds is 3. The van der Waals surface area contributed by atoms with Gasteiger partial charge in [-0.1, -0.05) is 30.3 Å². The average Bonchev–Trinajstić information content (AvgIpc) is 3.01. The molecule has 0 N–H and O–H groups in total. The summed E-state index contributed by atoms with van der Waals surface area (Å²) in [5, 5.41) is 2.90. The van der Waals surface area contributed by atoms with Gasteiger partial charge in [0.05, 0.1) is 18.1 Å². The number of pyridine rings is 2. The van der Waals surface area contributed by atoms with E-state index in [0.29, 0.717) is 6.42 Å². The average molecular weight is 340 g/mol. The van der Waals surface area contributed by atoms with Crippen LogP contribution >= 0.6 is 0 Å². The highest BCUT2D eigenvalue weighted by molar-refractivity contribution is 6.15. The van der Waals surface area contributed by atoms with Gasteiger partial charge in [-0.15, -0.1) is 0 Å². The number of ether oxygens (including phenoxy) is 1. The lowest BCUT2D eigenvalue weighted by Crippen LogP contribution is -2.12. The third-order valence-electron chi connectivity index (χ3n) is 4.97. The first-order valence-electron chi connectivity index (χ1n) is 8.52. The van der Waals surface area contributed by atoms with Crippen LogP contribution in [0.25, 0.3) is 27.2 Å². The molecule has 126 valence electrons. The van der Waals surface area contributed by atoms with Crippen molar-refractivity contribution in [3.05, 3.63) is 88.5 Å². The Morgan fingerprint density at radius 2 is 1.73 bits per heavy atom. The Morgan fingerprint density at radius 3 is 2.50 bits per heavy atom. The van der Waals surface area contributed by atoms with Gasteiger partial charge in [-0.05, 0) is 23.8 Å². The van der Waals surface area contributed by atoms with Gasteiger partial charge in [-0.3, -0.25) is 9.78 Å². The van der Waals surface area contributed by atoms with E-state index in [0.717, 1.165) is 44.1 Å². The monoisotopic (exact) mass is 340 g/mol. The molecule has 0 atom stereocenters. The second-order valence-electron chi connectivity index (χ2n) is 6.45. The van der Waals surface area contributed by atoms with Gasteiger partial charge in [0, 0.05) is 46.7 Å². The van der Waals surface area contributed by atoms with E-state index in [-0.39, 0.29) is 5.43 Å². The fourth-order valence-electron chi connectivity index (χ4n) is 3.83. The van der Waals surface area contributed by atoms with E-state index < -0.39 is 0 Å². The van der Waals surface area contributed by atoms with Gasteiger partial charge in [-0.2, -0.15) is 0 Å². The van der Waals surface area contributed by atoms with Gasteiger partial charge in [0.25, 0.3) is 0 Å². The molecule has 5 aromatic rings. The molecule has 5 rings (SSSR count). The minimum Gasteiger partial charge on any atom is -0.495 e. The Hall–Kier alpha value is -3.40. The smallest absolute Gasteiger partial charge is 0.192 e. The lowest BCUT2D eigenvalue weighted by molar-refractivity contribution is 0.418. The third kappa shape index (κ3) is 2.02. The summed E-state index contributed by atoms with van der Waals surface area (Å²) in [5.74, 6) is 0.802. The molecule has 3 heterocycles. The minimum atomic E-state index is 0.0775. The van der Waals surface area contributed by atoms with Gasteiger partial charge in [0.1, 0.15) is 5.75 Å². The summed E-state index contributed by atoms with van der Waals surface area (Å²) in [6.45, 7) is 0. The number of fused-ring (bicyclic) bond motifs is 3. The molecule has 0 aliphatic rings. The predicted octanol–water partition coefficient (Wildman–Crippen LogP) is 4.04. The molecule has 0 saturated carbocycles. The van der Waals surface area contributed by atoms with Crippen molar-refractivity contribution in [3.63, 3.8) is 0 Å². The summed E-state index contributed by atoms with van der Waals surface area (Å²) in [6.07, 6.45) is 6.05. The SMILES string of the molecule is COc1cccc2c3cccc4c(=O)c(Cc5cccnc5)cn(c12)c43. The van der Waals surface area contributed by atoms with E-state index >= 15 is 0 Å². The molecular weight excluding hydrogens is 324 g/mol. The molecular formula is C22H16N2O2. The Kier molecular flexibility index (Phi) is 3.19. The number of hydrogen-bond acceptors (Lipinski definition) is 3. The zero-order valence-electron chi connectivity index (χ0n) is 14.3. The summed E-state index contributed by atoms with van der Waals surface area (Å²) in [5.41, 5.74) is 3.79. The van der Waals surface area contributed by atoms with Crippen molar-refractivity contribution in [3.8, 4) is 5.75 Å². The standard InChI is InChI=1S/C22H16N2O2/c1-26-19-9-3-7-17-16-6-2-8-18-20(16)24(21(17)19)13-15(22(18)25)11-14-5-4-10-23-12-14/h2-10,12-13H,11H2,1H3. The summed E-state index contributed by atoms with van der Waals surface area (Å²) in [6, 6.07) is 15.8. The van der Waals surface area contributed by atoms with E-state index in [4.69, 9.17) is 4.74 Å². The molecule has 4 heteroatoms. The van der Waals surface area contributed by atoms with Crippen molar-refractivity contribution in [1.82, 2.24) is 9.38 Å². The first-order chi connectivity index (χ1) is 12.8. The zero-order chi connectivity index (χ0) is 17.7. The second-order valence-corrected chi connectivity index (χ2v) is 6.45. The second kappa shape index (κ2) is 5.56. The van der Waals surface area contributed by atoms with Crippen LogP contribution in [0, 0.1) is 0 Å². The molecule has 0 fully saturated rings. The largest absolute Gasteiger partial charge is 0.495 e. The summed E-state index contributed by atoms with van der Waals surface area (Å²) < 4.78 is 7.70. The molecule has 0 amide bonds. The van der Waals surface area contributed by atoms with Crippen molar-refractivity contribution in [2.24, 2.45) is 0 Å². The van der Waals surface area contributed by atoms with Gasteiger partial charge >= 0.3 is 0 Å². The van der Waals surface area contributed by atoms with Crippen LogP contribution in [-0.4, -0.2) is 16.5 Å². The van der Waals surface area contributed by atoms with E-state index in [1.807, 2.05) is 42.6 Å². The van der Waals surface area contributed by atoms with Gasteiger partial charge < -0.3 is 9.14 Å². The Balaban J connectivity index is 1.91. The van der Waals surface area contributed by atoms with Crippen molar-refractivity contribution in [2.45, 2.75) is 6.42 Å². The zero-order valence-corrected chi connectivity index (χ0v) is 14.3. The first-order valence-corrected chi connectivity index (χ1v) is 8.52. The van der Waals surface area contributed by atoms with Crippen LogP contribution in [-0.2, 0) is 6.42 Å². The number of benzene rings is 2. The third-order valence-corrected chi connectivity index (χ3v) is 4.97. The molecule has 0 unspecified atom stereocenters. The Morgan fingerprint density at radius 1 is 0.962 bits per heavy atom. The van der Waals surface area contributed by atoms with E-state index in [9.17, 15) is 4.79 Å². The van der Waals surface area contributed by atoms with Crippen LogP contribution in [0.4, 0.5) is 0 Å². The van der Waals surface area contributed by atoms with Crippen molar-refractivity contribution < 1.29 is 4.74 Å². The van der Waals surface area contributed by atoms with Gasteiger partial charge in [-0.25, -0.2) is 0 Å². The topological polar surface area (TPSA) is 43.6 Å². The van der Waals surface area contributed by atoms with Gasteiger partial charge in [0.15, 0.2) is 5.43 Å². The highest BCUT2D eigenvalue weighted by Crippen LogP contribution is 2.35. The number of aromatic nitrogens is 2. The van der Waals surface area contributed by atoms with Crippen molar-refractivity contribution in [2.75, 3.05) is 7.11 Å². The summed E-state index contributed by atoms with van der Waals surface area (Å²) in [7, 11) is 1.68. The maximum atomic E-state index is 13.1. The molecule has 0 saturated heterocycles. The van der Waals surface area contributed by atoms with Crippen LogP contribution in [0.1, 0.15) is 11.1 Å². The molecule has 2 aromatic carbocycles. The number of para-hydroxylation sites is 2. The molecule has 0 aliphatic carbocycles. The van der Waals surface area contributed by atoms with Crippen LogP contribution in [0.2, 0.25) is 0 Å². The lowest BCUT2D eigenvalue weighted by atomic mass is 10.0. The molecule has 0 bridgehead atoms. The molecule has 4 nitrogen and oxygen atoms in total. The van der Waals surface area contributed by atoms with Crippen molar-refractivity contribution >= 4 is 27.2 Å². The van der Waals surface area contributed by atoms with E-state index in [1.54, 1.807) is 19.5 Å². The quantitative estimate of drug-likeness (QED) is 0.498. The first kappa shape index (κ1) is 14.9. The predicted molar refractivity (Wildman–Crippen MR) is 103 cm³/mol. The van der Waals surface area contributed by atoms with E-state index in [2.05, 4.69) is 21.5 Å². The fourth-order valence-corrected chi connectivity index (χ4v) is 3.83. The molecule has 0 radical (unpaired) electrons. The fraction of sp³-hybridized carbons (Fsp3) is 0.0909. The van der Waals surface area contributed by atoms with Crippen LogP contribution in [0.5, 0.6) is 5.75 Å². The minimum absolute atomic E-state index is 0.0775. The highest BCUT2D eigenvalue weighted by atomic mass is 16.5. The van der Waals surface area contributed by atoms with Crippen LogP contribution < -0.4 is 10.2 Å². The summed E-state index contributed by atoms with van der Waals surface area (Å²) in [4.78, 5) is 17.3. The van der Waals surface area contributed by atoms with Crippen molar-refractivity contribution in [1.29, 1.82) is 0 Å². The molecule has 0 aliphatic heterocycles.